The lowest BCUT2D eigenvalue weighted by Crippen LogP contribution is -2.25. The largest absolute Gasteiger partial charge is 0.350 e. The maximum Gasteiger partial charge on any atom is 0.221 e. The van der Waals surface area contributed by atoms with Gasteiger partial charge in [-0.2, -0.15) is 5.10 Å². The van der Waals surface area contributed by atoms with Gasteiger partial charge < -0.3 is 10.6 Å². The number of carbonyl (C=O) groups excluding carboxylic acids is 1. The van der Waals surface area contributed by atoms with Crippen LogP contribution >= 0.6 is 0 Å². The Hall–Kier alpha value is -2.92. The van der Waals surface area contributed by atoms with Gasteiger partial charge in [-0.25, -0.2) is 0 Å². The average Bonchev–Trinajstić information content (AvgIpc) is 3.00. The minimum Gasteiger partial charge on any atom is -0.350 e. The summed E-state index contributed by atoms with van der Waals surface area (Å²) in [5, 5.41) is 11.1. The Labute approximate surface area is 165 Å². The van der Waals surface area contributed by atoms with Crippen LogP contribution in [0.3, 0.4) is 0 Å². The molecular weight excluding hydrogens is 348 g/mol. The molecule has 0 saturated carbocycles. The topological polar surface area (TPSA) is 59.0 Å². The van der Waals surface area contributed by atoms with Gasteiger partial charge in [-0.1, -0.05) is 60.7 Å². The van der Waals surface area contributed by atoms with Crippen molar-refractivity contribution < 1.29 is 4.79 Å². The highest BCUT2D eigenvalue weighted by molar-refractivity contribution is 5.77. The third-order valence-corrected chi connectivity index (χ3v) is 5.20. The number of amides is 1. The molecule has 1 aliphatic heterocycles. The highest BCUT2D eigenvalue weighted by Crippen LogP contribution is 2.27. The number of nitrogens with one attached hydrogen (secondary N) is 2. The summed E-state index contributed by atoms with van der Waals surface area (Å²) >= 11 is 0. The SMILES string of the molecule is O=C(CC(c1ccccc1)c1ccccc1)NCc1cc2n(n1)CCCNC2. The first-order valence-corrected chi connectivity index (χ1v) is 9.92. The first kappa shape index (κ1) is 18.4. The molecule has 1 aromatic heterocycles. The van der Waals surface area contributed by atoms with Crippen LogP contribution in [-0.2, 0) is 24.4 Å². The molecule has 28 heavy (non-hydrogen) atoms. The number of benzene rings is 2. The first-order chi connectivity index (χ1) is 13.8. The van der Waals surface area contributed by atoms with E-state index in [1.165, 1.54) is 5.69 Å². The standard InChI is InChI=1S/C23H26N4O/c28-23(25-16-20-14-21-17-24-12-7-13-27(21)26-20)15-22(18-8-3-1-4-9-18)19-10-5-2-6-11-19/h1-6,8-11,14,22,24H,7,12-13,15-17H2,(H,25,28). The predicted octanol–water partition coefficient (Wildman–Crippen LogP) is 3.21. The molecule has 0 radical (unpaired) electrons. The van der Waals surface area contributed by atoms with E-state index in [1.54, 1.807) is 0 Å². The van der Waals surface area contributed by atoms with Crippen molar-refractivity contribution in [3.05, 3.63) is 89.2 Å². The van der Waals surface area contributed by atoms with Crippen LogP contribution in [0.5, 0.6) is 0 Å². The van der Waals surface area contributed by atoms with Crippen LogP contribution in [0.2, 0.25) is 0 Å². The van der Waals surface area contributed by atoms with Gasteiger partial charge >= 0.3 is 0 Å². The van der Waals surface area contributed by atoms with Gasteiger partial charge in [0.1, 0.15) is 0 Å². The number of nitrogens with zero attached hydrogens (tertiary/aromatic N) is 2. The first-order valence-electron chi connectivity index (χ1n) is 9.92. The third kappa shape index (κ3) is 4.49. The molecule has 0 bridgehead atoms. The molecule has 0 unspecified atom stereocenters. The van der Waals surface area contributed by atoms with Crippen molar-refractivity contribution in [3.8, 4) is 0 Å². The molecule has 0 aliphatic carbocycles. The van der Waals surface area contributed by atoms with Crippen LogP contribution in [0.4, 0.5) is 0 Å². The normalized spacial score (nSPS) is 13.8. The van der Waals surface area contributed by atoms with Crippen molar-refractivity contribution in [1.29, 1.82) is 0 Å². The maximum absolute atomic E-state index is 12.7. The van der Waals surface area contributed by atoms with E-state index in [1.807, 2.05) is 36.4 Å². The lowest BCUT2D eigenvalue weighted by atomic mass is 9.88. The number of carbonyl (C=O) groups is 1. The Kier molecular flexibility index (Phi) is 5.83. The van der Waals surface area contributed by atoms with Gasteiger partial charge in [-0.05, 0) is 30.2 Å². The summed E-state index contributed by atoms with van der Waals surface area (Å²) in [6, 6.07) is 22.5. The number of fused-ring (bicyclic) bond motifs is 1. The molecule has 0 saturated heterocycles. The fourth-order valence-electron chi connectivity index (χ4n) is 3.75. The number of hydrogen-bond acceptors (Lipinski definition) is 3. The maximum atomic E-state index is 12.7. The van der Waals surface area contributed by atoms with E-state index in [9.17, 15) is 4.79 Å². The Bertz CT molecular complexity index is 842. The van der Waals surface area contributed by atoms with Crippen molar-refractivity contribution >= 4 is 5.91 Å². The molecule has 2 N–H and O–H groups in total. The smallest absolute Gasteiger partial charge is 0.221 e. The van der Waals surface area contributed by atoms with Crippen molar-refractivity contribution in [2.75, 3.05) is 6.54 Å². The number of rotatable bonds is 6. The van der Waals surface area contributed by atoms with Crippen LogP contribution in [0.1, 0.15) is 41.3 Å². The Morgan fingerprint density at radius 1 is 1.07 bits per heavy atom. The number of aromatic nitrogens is 2. The molecule has 0 fully saturated rings. The van der Waals surface area contributed by atoms with Gasteiger partial charge in [0.15, 0.2) is 0 Å². The second-order valence-electron chi connectivity index (χ2n) is 7.24. The zero-order valence-electron chi connectivity index (χ0n) is 16.0. The van der Waals surface area contributed by atoms with Crippen molar-refractivity contribution in [3.63, 3.8) is 0 Å². The van der Waals surface area contributed by atoms with Crippen LogP contribution in [0, 0.1) is 0 Å². The molecule has 5 heteroatoms. The quantitative estimate of drug-likeness (QED) is 0.697. The van der Waals surface area contributed by atoms with Gasteiger partial charge in [-0.3, -0.25) is 9.48 Å². The highest BCUT2D eigenvalue weighted by atomic mass is 16.1. The van der Waals surface area contributed by atoms with Crippen LogP contribution in [-0.4, -0.2) is 22.2 Å². The minimum atomic E-state index is 0.0408. The molecule has 4 rings (SSSR count). The number of hydrogen-bond donors (Lipinski definition) is 2. The Morgan fingerprint density at radius 2 is 1.75 bits per heavy atom. The molecule has 0 atom stereocenters. The molecular formula is C23H26N4O. The van der Waals surface area contributed by atoms with Crippen molar-refractivity contribution in [1.82, 2.24) is 20.4 Å². The molecule has 0 spiro atoms. The average molecular weight is 374 g/mol. The summed E-state index contributed by atoms with van der Waals surface area (Å²) in [5.41, 5.74) is 4.42. The van der Waals surface area contributed by atoms with Crippen LogP contribution < -0.4 is 10.6 Å². The predicted molar refractivity (Wildman–Crippen MR) is 110 cm³/mol. The second kappa shape index (κ2) is 8.85. The summed E-state index contributed by atoms with van der Waals surface area (Å²) in [4.78, 5) is 12.7. The van der Waals surface area contributed by atoms with Crippen molar-refractivity contribution in [2.45, 2.75) is 38.4 Å². The summed E-state index contributed by atoms with van der Waals surface area (Å²) in [6.45, 7) is 3.26. The molecule has 144 valence electrons. The fraction of sp³-hybridized carbons (Fsp3) is 0.304. The molecule has 1 amide bonds. The van der Waals surface area contributed by atoms with Gasteiger partial charge in [0.25, 0.3) is 0 Å². The van der Waals surface area contributed by atoms with Gasteiger partial charge in [0, 0.05) is 25.4 Å². The third-order valence-electron chi connectivity index (χ3n) is 5.20. The van der Waals surface area contributed by atoms with E-state index >= 15 is 0 Å². The van der Waals surface area contributed by atoms with Gasteiger partial charge in [0.05, 0.1) is 17.9 Å². The van der Waals surface area contributed by atoms with Gasteiger partial charge in [0.2, 0.25) is 5.91 Å². The summed E-state index contributed by atoms with van der Waals surface area (Å²) in [5.74, 6) is 0.0874. The molecule has 2 aromatic carbocycles. The lowest BCUT2D eigenvalue weighted by Gasteiger charge is -2.17. The highest BCUT2D eigenvalue weighted by Gasteiger charge is 2.18. The van der Waals surface area contributed by atoms with Crippen LogP contribution in [0.25, 0.3) is 0 Å². The fourth-order valence-corrected chi connectivity index (χ4v) is 3.75. The summed E-state index contributed by atoms with van der Waals surface area (Å²) in [7, 11) is 0. The zero-order valence-corrected chi connectivity index (χ0v) is 16.0. The molecule has 2 heterocycles. The Balaban J connectivity index is 1.42. The molecule has 3 aromatic rings. The second-order valence-corrected chi connectivity index (χ2v) is 7.24. The van der Waals surface area contributed by atoms with E-state index < -0.39 is 0 Å². The van der Waals surface area contributed by atoms with E-state index in [-0.39, 0.29) is 11.8 Å². The molecule has 1 aliphatic rings. The number of aryl methyl sites for hydroxylation is 1. The van der Waals surface area contributed by atoms with E-state index in [2.05, 4.69) is 50.7 Å². The minimum absolute atomic E-state index is 0.0408. The van der Waals surface area contributed by atoms with E-state index in [0.29, 0.717) is 13.0 Å². The zero-order chi connectivity index (χ0) is 19.2. The van der Waals surface area contributed by atoms with Crippen LogP contribution in [0.15, 0.2) is 66.7 Å². The van der Waals surface area contributed by atoms with Gasteiger partial charge in [-0.15, -0.1) is 0 Å². The monoisotopic (exact) mass is 374 g/mol. The summed E-state index contributed by atoms with van der Waals surface area (Å²) < 4.78 is 2.05. The van der Waals surface area contributed by atoms with E-state index in [4.69, 9.17) is 0 Å². The lowest BCUT2D eigenvalue weighted by molar-refractivity contribution is -0.121. The van der Waals surface area contributed by atoms with E-state index in [0.717, 1.165) is 42.9 Å². The molecule has 5 nitrogen and oxygen atoms in total. The summed E-state index contributed by atoms with van der Waals surface area (Å²) in [6.07, 6.45) is 1.50. The Morgan fingerprint density at radius 3 is 2.43 bits per heavy atom. The van der Waals surface area contributed by atoms with Crippen molar-refractivity contribution in [2.24, 2.45) is 0 Å².